The lowest BCUT2D eigenvalue weighted by Crippen LogP contribution is -2.24. The predicted molar refractivity (Wildman–Crippen MR) is 73.2 cm³/mol. The number of hydrogen-bond donors (Lipinski definition) is 1. The molecule has 1 aliphatic carbocycles. The van der Waals surface area contributed by atoms with Crippen molar-refractivity contribution in [2.75, 3.05) is 19.8 Å². The van der Waals surface area contributed by atoms with Gasteiger partial charge in [-0.05, 0) is 24.8 Å². The van der Waals surface area contributed by atoms with Crippen LogP contribution in [0.3, 0.4) is 0 Å². The smallest absolute Gasteiger partial charge is 0.271 e. The van der Waals surface area contributed by atoms with E-state index in [-0.39, 0.29) is 23.9 Å². The van der Waals surface area contributed by atoms with Gasteiger partial charge in [-0.3, -0.25) is 10.1 Å². The number of hydrogen-bond acceptors (Lipinski definition) is 5. The first-order valence-corrected chi connectivity index (χ1v) is 6.76. The highest BCUT2D eigenvalue weighted by Crippen LogP contribution is 2.29. The second-order valence-corrected chi connectivity index (χ2v) is 5.22. The number of nitro benzene ring substituents is 1. The SMILES string of the molecule is O=[N+]([O-])c1ccc(OCC(O)COCC2CC2)c(Cl)c1. The molecule has 1 N–H and O–H groups in total. The van der Waals surface area contributed by atoms with E-state index in [9.17, 15) is 15.2 Å². The summed E-state index contributed by atoms with van der Waals surface area (Å²) in [6.45, 7) is 0.915. The number of benzene rings is 1. The van der Waals surface area contributed by atoms with E-state index < -0.39 is 11.0 Å². The van der Waals surface area contributed by atoms with Gasteiger partial charge in [0.15, 0.2) is 0 Å². The molecule has 7 heteroatoms. The third-order valence-corrected chi connectivity index (χ3v) is 3.21. The number of halogens is 1. The minimum Gasteiger partial charge on any atom is -0.489 e. The van der Waals surface area contributed by atoms with E-state index in [0.717, 1.165) is 0 Å². The number of non-ortho nitro benzene ring substituents is 1. The highest BCUT2D eigenvalue weighted by Gasteiger charge is 2.21. The summed E-state index contributed by atoms with van der Waals surface area (Å²) in [5.74, 6) is 0.950. The molecule has 0 radical (unpaired) electrons. The number of ether oxygens (including phenoxy) is 2. The van der Waals surface area contributed by atoms with Gasteiger partial charge < -0.3 is 14.6 Å². The summed E-state index contributed by atoms with van der Waals surface area (Å²) in [6, 6.07) is 3.93. The molecular formula is C13H16ClNO5. The summed E-state index contributed by atoms with van der Waals surface area (Å²) in [4.78, 5) is 10.0. The molecule has 0 spiro atoms. The van der Waals surface area contributed by atoms with E-state index in [1.807, 2.05) is 0 Å². The van der Waals surface area contributed by atoms with Gasteiger partial charge in [0.1, 0.15) is 18.5 Å². The zero-order valence-corrected chi connectivity index (χ0v) is 11.6. The van der Waals surface area contributed by atoms with Crippen LogP contribution in [-0.2, 0) is 4.74 Å². The van der Waals surface area contributed by atoms with Gasteiger partial charge in [0.2, 0.25) is 0 Å². The Bertz CT molecular complexity index is 478. The Morgan fingerprint density at radius 2 is 2.20 bits per heavy atom. The third-order valence-electron chi connectivity index (χ3n) is 2.92. The summed E-state index contributed by atoms with van der Waals surface area (Å²) in [5, 5.41) is 20.4. The summed E-state index contributed by atoms with van der Waals surface area (Å²) >= 11 is 5.87. The first-order chi connectivity index (χ1) is 9.56. The number of rotatable bonds is 8. The molecule has 1 fully saturated rings. The average molecular weight is 302 g/mol. The zero-order valence-electron chi connectivity index (χ0n) is 10.8. The van der Waals surface area contributed by atoms with Crippen molar-refractivity contribution in [3.05, 3.63) is 33.3 Å². The van der Waals surface area contributed by atoms with Crippen molar-refractivity contribution in [2.45, 2.75) is 18.9 Å². The topological polar surface area (TPSA) is 81.8 Å². The van der Waals surface area contributed by atoms with Gasteiger partial charge in [-0.2, -0.15) is 0 Å². The van der Waals surface area contributed by atoms with E-state index in [1.165, 1.54) is 31.0 Å². The summed E-state index contributed by atoms with van der Waals surface area (Å²) in [6.07, 6.45) is 1.65. The van der Waals surface area contributed by atoms with E-state index in [1.54, 1.807) is 0 Å². The van der Waals surface area contributed by atoms with Crippen LogP contribution < -0.4 is 4.74 Å². The van der Waals surface area contributed by atoms with Crippen molar-refractivity contribution >= 4 is 17.3 Å². The van der Waals surface area contributed by atoms with Crippen molar-refractivity contribution in [2.24, 2.45) is 5.92 Å². The molecule has 1 aromatic rings. The number of nitro groups is 1. The fraction of sp³-hybridized carbons (Fsp3) is 0.538. The Hall–Kier alpha value is -1.37. The molecule has 0 aliphatic heterocycles. The van der Waals surface area contributed by atoms with Gasteiger partial charge >= 0.3 is 0 Å². The molecule has 1 aliphatic rings. The lowest BCUT2D eigenvalue weighted by molar-refractivity contribution is -0.384. The van der Waals surface area contributed by atoms with Gasteiger partial charge in [-0.25, -0.2) is 0 Å². The van der Waals surface area contributed by atoms with Crippen LogP contribution in [0.15, 0.2) is 18.2 Å². The maximum atomic E-state index is 10.6. The van der Waals surface area contributed by atoms with Crippen LogP contribution in [0.5, 0.6) is 5.75 Å². The Morgan fingerprint density at radius 1 is 1.45 bits per heavy atom. The highest BCUT2D eigenvalue weighted by atomic mass is 35.5. The fourth-order valence-corrected chi connectivity index (χ4v) is 1.84. The first kappa shape index (κ1) is 15.0. The van der Waals surface area contributed by atoms with Crippen LogP contribution in [0.2, 0.25) is 5.02 Å². The molecule has 0 aromatic heterocycles. The van der Waals surface area contributed by atoms with Crippen LogP contribution >= 0.6 is 11.6 Å². The second kappa shape index (κ2) is 6.88. The lowest BCUT2D eigenvalue weighted by Gasteiger charge is -2.13. The van der Waals surface area contributed by atoms with Crippen molar-refractivity contribution in [1.29, 1.82) is 0 Å². The molecule has 0 saturated heterocycles. The summed E-state index contributed by atoms with van der Waals surface area (Å²) < 4.78 is 10.7. The standard InChI is InChI=1S/C13H16ClNO5/c14-12-5-10(15(17)18)3-4-13(12)20-8-11(16)7-19-6-9-1-2-9/h3-5,9,11,16H,1-2,6-8H2. The molecule has 1 atom stereocenters. The van der Waals surface area contributed by atoms with Gasteiger partial charge in [0.05, 0.1) is 16.6 Å². The zero-order chi connectivity index (χ0) is 14.5. The first-order valence-electron chi connectivity index (χ1n) is 6.39. The van der Waals surface area contributed by atoms with Crippen LogP contribution in [0.25, 0.3) is 0 Å². The number of nitrogens with zero attached hydrogens (tertiary/aromatic N) is 1. The quantitative estimate of drug-likeness (QED) is 0.589. The molecule has 0 amide bonds. The molecule has 2 rings (SSSR count). The summed E-state index contributed by atoms with van der Waals surface area (Å²) in [7, 11) is 0. The van der Waals surface area contributed by atoms with Crippen molar-refractivity contribution in [3.8, 4) is 5.75 Å². The van der Waals surface area contributed by atoms with Crippen molar-refractivity contribution < 1.29 is 19.5 Å². The third kappa shape index (κ3) is 4.63. The summed E-state index contributed by atoms with van der Waals surface area (Å²) in [5.41, 5.74) is -0.101. The minimum absolute atomic E-state index is 0.0300. The lowest BCUT2D eigenvalue weighted by atomic mass is 10.3. The maximum absolute atomic E-state index is 10.6. The fourth-order valence-electron chi connectivity index (χ4n) is 1.61. The molecule has 110 valence electrons. The number of aliphatic hydroxyl groups is 1. The van der Waals surface area contributed by atoms with Gasteiger partial charge in [0, 0.05) is 18.7 Å². The van der Waals surface area contributed by atoms with Crippen molar-refractivity contribution in [3.63, 3.8) is 0 Å². The van der Waals surface area contributed by atoms with E-state index >= 15 is 0 Å². The molecule has 1 saturated carbocycles. The van der Waals surface area contributed by atoms with Crippen LogP contribution in [0, 0.1) is 16.0 Å². The van der Waals surface area contributed by atoms with Crippen LogP contribution in [0.1, 0.15) is 12.8 Å². The molecule has 6 nitrogen and oxygen atoms in total. The van der Waals surface area contributed by atoms with E-state index in [4.69, 9.17) is 21.1 Å². The highest BCUT2D eigenvalue weighted by molar-refractivity contribution is 6.32. The molecule has 1 aromatic carbocycles. The Balaban J connectivity index is 1.75. The molecule has 20 heavy (non-hydrogen) atoms. The van der Waals surface area contributed by atoms with Gasteiger partial charge in [0.25, 0.3) is 5.69 Å². The van der Waals surface area contributed by atoms with Crippen LogP contribution in [0.4, 0.5) is 5.69 Å². The van der Waals surface area contributed by atoms with E-state index in [2.05, 4.69) is 0 Å². The molecule has 0 heterocycles. The van der Waals surface area contributed by atoms with Gasteiger partial charge in [-0.15, -0.1) is 0 Å². The Kier molecular flexibility index (Phi) is 5.17. The molecular weight excluding hydrogens is 286 g/mol. The van der Waals surface area contributed by atoms with Crippen molar-refractivity contribution in [1.82, 2.24) is 0 Å². The second-order valence-electron chi connectivity index (χ2n) is 4.82. The average Bonchev–Trinajstić information content (AvgIpc) is 3.21. The Labute approximate surface area is 121 Å². The van der Waals surface area contributed by atoms with Gasteiger partial charge in [-0.1, -0.05) is 11.6 Å². The molecule has 1 unspecified atom stereocenters. The monoisotopic (exact) mass is 301 g/mol. The maximum Gasteiger partial charge on any atom is 0.271 e. The van der Waals surface area contributed by atoms with E-state index in [0.29, 0.717) is 18.3 Å². The number of aliphatic hydroxyl groups excluding tert-OH is 1. The largest absolute Gasteiger partial charge is 0.489 e. The molecule has 0 bridgehead atoms. The normalized spacial score (nSPS) is 15.9. The van der Waals surface area contributed by atoms with Crippen LogP contribution in [-0.4, -0.2) is 36.0 Å². The Morgan fingerprint density at radius 3 is 2.80 bits per heavy atom. The predicted octanol–water partition coefficient (Wildman–Crippen LogP) is 2.41. The minimum atomic E-state index is -0.750.